The van der Waals surface area contributed by atoms with Gasteiger partial charge in [-0.1, -0.05) is 23.4 Å². The lowest BCUT2D eigenvalue weighted by atomic mass is 10.4. The van der Waals surface area contributed by atoms with Crippen molar-refractivity contribution in [2.45, 2.75) is 9.92 Å². The van der Waals surface area contributed by atoms with Crippen LogP contribution in [0.25, 0.3) is 0 Å². The number of hydrogen-bond donors (Lipinski definition) is 1. The number of carbonyl (C=O) groups is 1. The fourth-order valence-electron chi connectivity index (χ4n) is 1.10. The third-order valence-electron chi connectivity index (χ3n) is 1.88. The molecule has 0 amide bonds. The molecule has 0 radical (unpaired) electrons. The van der Waals surface area contributed by atoms with Crippen LogP contribution in [0.3, 0.4) is 0 Å². The molecule has 0 fully saturated rings. The Morgan fingerprint density at radius 2 is 1.88 bits per heavy atom. The summed E-state index contributed by atoms with van der Waals surface area (Å²) in [4.78, 5) is 19.3. The zero-order chi connectivity index (χ0) is 12.3. The largest absolute Gasteiger partial charge is 0.476 e. The maximum Gasteiger partial charge on any atom is 0.356 e. The predicted octanol–water partition coefficient (Wildman–Crippen LogP) is 2.98. The van der Waals surface area contributed by atoms with Crippen LogP contribution in [-0.2, 0) is 0 Å². The van der Waals surface area contributed by atoms with E-state index in [0.717, 1.165) is 4.90 Å². The number of halogens is 1. The summed E-state index contributed by atoms with van der Waals surface area (Å²) in [5, 5.41) is 9.98. The van der Waals surface area contributed by atoms with Crippen LogP contribution in [-0.4, -0.2) is 21.0 Å². The average molecular weight is 267 g/mol. The summed E-state index contributed by atoms with van der Waals surface area (Å²) in [5.41, 5.74) is -0.0644. The van der Waals surface area contributed by atoms with Crippen molar-refractivity contribution in [3.63, 3.8) is 0 Å². The van der Waals surface area contributed by atoms with Gasteiger partial charge in [0.15, 0.2) is 5.69 Å². The maximum atomic E-state index is 10.6. The highest BCUT2D eigenvalue weighted by Crippen LogP contribution is 2.26. The van der Waals surface area contributed by atoms with Crippen LogP contribution < -0.4 is 0 Å². The number of benzene rings is 1. The molecule has 0 spiro atoms. The third kappa shape index (κ3) is 3.18. The second-order valence-corrected chi connectivity index (χ2v) is 4.63. The molecule has 2 rings (SSSR count). The van der Waals surface area contributed by atoms with Crippen molar-refractivity contribution < 1.29 is 9.90 Å². The van der Waals surface area contributed by atoms with E-state index in [9.17, 15) is 4.79 Å². The van der Waals surface area contributed by atoms with Crippen molar-refractivity contribution in [2.75, 3.05) is 0 Å². The molecule has 86 valence electrons. The van der Waals surface area contributed by atoms with Crippen molar-refractivity contribution in [2.24, 2.45) is 0 Å². The molecule has 1 aromatic carbocycles. The topological polar surface area (TPSA) is 63.1 Å². The van der Waals surface area contributed by atoms with E-state index in [1.54, 1.807) is 12.1 Å². The molecular weight excluding hydrogens is 260 g/mol. The molecule has 0 saturated carbocycles. The van der Waals surface area contributed by atoms with Gasteiger partial charge in [-0.15, -0.1) is 0 Å². The second kappa shape index (κ2) is 5.16. The lowest BCUT2D eigenvalue weighted by Gasteiger charge is -2.00. The summed E-state index contributed by atoms with van der Waals surface area (Å²) in [7, 11) is 0. The molecule has 4 nitrogen and oxygen atoms in total. The van der Waals surface area contributed by atoms with Crippen molar-refractivity contribution in [3.8, 4) is 0 Å². The minimum Gasteiger partial charge on any atom is -0.476 e. The Morgan fingerprint density at radius 3 is 2.41 bits per heavy atom. The van der Waals surface area contributed by atoms with Crippen LogP contribution in [0.2, 0.25) is 5.02 Å². The number of aromatic carboxylic acids is 1. The van der Waals surface area contributed by atoms with Crippen molar-refractivity contribution >= 4 is 29.3 Å². The van der Waals surface area contributed by atoms with E-state index in [0.29, 0.717) is 10.0 Å². The monoisotopic (exact) mass is 266 g/mol. The van der Waals surface area contributed by atoms with Gasteiger partial charge in [0.25, 0.3) is 0 Å². The zero-order valence-corrected chi connectivity index (χ0v) is 10.1. The summed E-state index contributed by atoms with van der Waals surface area (Å²) in [5.74, 6) is -1.08. The molecule has 17 heavy (non-hydrogen) atoms. The van der Waals surface area contributed by atoms with Gasteiger partial charge in [-0.05, 0) is 24.3 Å². The molecule has 1 heterocycles. The molecule has 0 aliphatic heterocycles. The minimum absolute atomic E-state index is 0.0644. The first kappa shape index (κ1) is 11.9. The van der Waals surface area contributed by atoms with Gasteiger partial charge >= 0.3 is 5.97 Å². The van der Waals surface area contributed by atoms with Gasteiger partial charge in [0.1, 0.15) is 5.03 Å². The molecule has 0 saturated heterocycles. The molecule has 1 N–H and O–H groups in total. The van der Waals surface area contributed by atoms with Gasteiger partial charge in [-0.3, -0.25) is 0 Å². The molecular formula is C11H7ClN2O2S. The number of rotatable bonds is 3. The summed E-state index contributed by atoms with van der Waals surface area (Å²) in [6, 6.07) is 7.28. The summed E-state index contributed by atoms with van der Waals surface area (Å²) in [6.07, 6.45) is 2.67. The minimum atomic E-state index is -1.08. The van der Waals surface area contributed by atoms with E-state index in [1.807, 2.05) is 12.1 Å². The van der Waals surface area contributed by atoms with Gasteiger partial charge in [-0.2, -0.15) is 0 Å². The first-order valence-corrected chi connectivity index (χ1v) is 5.83. The Morgan fingerprint density at radius 1 is 1.18 bits per heavy atom. The molecule has 2 aromatic rings. The van der Waals surface area contributed by atoms with E-state index in [1.165, 1.54) is 24.2 Å². The molecule has 0 aliphatic rings. The quantitative estimate of drug-likeness (QED) is 0.925. The smallest absolute Gasteiger partial charge is 0.356 e. The lowest BCUT2D eigenvalue weighted by molar-refractivity contribution is 0.0689. The van der Waals surface area contributed by atoms with Gasteiger partial charge in [0, 0.05) is 9.92 Å². The zero-order valence-electron chi connectivity index (χ0n) is 8.50. The Balaban J connectivity index is 2.13. The standard InChI is InChI=1S/C11H7ClN2O2S/c12-7-1-3-8(4-2-7)17-10-6-13-9(5-14-10)11(15)16/h1-6H,(H,15,16). The average Bonchev–Trinajstić information content (AvgIpc) is 2.33. The van der Waals surface area contributed by atoms with Gasteiger partial charge in [-0.25, -0.2) is 14.8 Å². The van der Waals surface area contributed by atoms with E-state index in [-0.39, 0.29) is 5.69 Å². The summed E-state index contributed by atoms with van der Waals surface area (Å²) >= 11 is 7.16. The summed E-state index contributed by atoms with van der Waals surface area (Å²) < 4.78 is 0. The Kier molecular flexibility index (Phi) is 3.61. The molecule has 0 bridgehead atoms. The highest BCUT2D eigenvalue weighted by Gasteiger charge is 2.05. The van der Waals surface area contributed by atoms with E-state index < -0.39 is 5.97 Å². The van der Waals surface area contributed by atoms with Crippen LogP contribution in [0.1, 0.15) is 10.5 Å². The first-order chi connectivity index (χ1) is 8.15. The molecule has 6 heteroatoms. The molecule has 0 aliphatic carbocycles. The van der Waals surface area contributed by atoms with Crippen LogP contribution in [0.5, 0.6) is 0 Å². The Bertz CT molecular complexity index is 528. The van der Waals surface area contributed by atoms with Crippen LogP contribution >= 0.6 is 23.4 Å². The number of hydrogen-bond acceptors (Lipinski definition) is 4. The molecule has 0 atom stereocenters. The number of carboxylic acids is 1. The van der Waals surface area contributed by atoms with E-state index in [4.69, 9.17) is 16.7 Å². The number of nitrogens with zero attached hydrogens (tertiary/aromatic N) is 2. The molecule has 1 aromatic heterocycles. The summed E-state index contributed by atoms with van der Waals surface area (Å²) in [6.45, 7) is 0. The first-order valence-electron chi connectivity index (χ1n) is 4.64. The van der Waals surface area contributed by atoms with Gasteiger partial charge in [0.2, 0.25) is 0 Å². The van der Waals surface area contributed by atoms with Crippen molar-refractivity contribution in [1.82, 2.24) is 9.97 Å². The van der Waals surface area contributed by atoms with Crippen LogP contribution in [0.4, 0.5) is 0 Å². The van der Waals surface area contributed by atoms with Crippen LogP contribution in [0, 0.1) is 0 Å². The number of aromatic nitrogens is 2. The second-order valence-electron chi connectivity index (χ2n) is 3.10. The normalized spacial score (nSPS) is 10.2. The highest BCUT2D eigenvalue weighted by atomic mass is 35.5. The fraction of sp³-hybridized carbons (Fsp3) is 0. The van der Waals surface area contributed by atoms with Gasteiger partial charge in [0.05, 0.1) is 12.4 Å². The third-order valence-corrected chi connectivity index (χ3v) is 3.06. The van der Waals surface area contributed by atoms with E-state index >= 15 is 0 Å². The van der Waals surface area contributed by atoms with Crippen molar-refractivity contribution in [3.05, 3.63) is 47.4 Å². The fourth-order valence-corrected chi connectivity index (χ4v) is 1.95. The number of carboxylic acid groups (broad SMARTS) is 1. The predicted molar refractivity (Wildman–Crippen MR) is 64.6 cm³/mol. The van der Waals surface area contributed by atoms with Gasteiger partial charge < -0.3 is 5.11 Å². The van der Waals surface area contributed by atoms with Crippen LogP contribution in [0.15, 0.2) is 46.6 Å². The molecule has 0 unspecified atom stereocenters. The highest BCUT2D eigenvalue weighted by molar-refractivity contribution is 7.99. The maximum absolute atomic E-state index is 10.6. The van der Waals surface area contributed by atoms with Crippen molar-refractivity contribution in [1.29, 1.82) is 0 Å². The SMILES string of the molecule is O=C(O)c1cnc(Sc2ccc(Cl)cc2)cn1. The van der Waals surface area contributed by atoms with E-state index in [2.05, 4.69) is 9.97 Å². The Labute approximate surface area is 107 Å². The lowest BCUT2D eigenvalue weighted by Crippen LogP contribution is -2.00. The Hall–Kier alpha value is -1.59.